The van der Waals surface area contributed by atoms with Gasteiger partial charge < -0.3 is 18.3 Å². The minimum atomic E-state index is 1.17. The SMILES string of the molecule is Cn1c2ccccc2c2ccc(-c3cccc4c(-c5cccc(-c6ccccc6)c5)c5cccc(-c6ccc7c8ccc(-c9cccc(-c%10cccc(-c%11c%12cccc(-c%13cccc%14c%15ccccc%15n(C)c%13%14)c%12cc%12c(-c%13cccc%14c%15ccccc%15n(C)c%13%14)cccc%11%12)c%10)c9)cc8n(C)c7c6)c5cc34)cc21. The predicted molar refractivity (Wildman–Crippen MR) is 461 cm³/mol. The van der Waals surface area contributed by atoms with Gasteiger partial charge >= 0.3 is 0 Å². The van der Waals surface area contributed by atoms with Gasteiger partial charge in [0.25, 0.3) is 0 Å². The Morgan fingerprint density at radius 2 is 0.407 bits per heavy atom. The van der Waals surface area contributed by atoms with E-state index < -0.39 is 0 Å². The smallest absolute Gasteiger partial charge is 0.0568 e. The Balaban J connectivity index is 0.668. The van der Waals surface area contributed by atoms with Crippen LogP contribution in [-0.2, 0) is 28.2 Å². The fourth-order valence-corrected chi connectivity index (χ4v) is 18.9. The molecule has 18 aromatic carbocycles. The van der Waals surface area contributed by atoms with Gasteiger partial charge in [-0.25, -0.2) is 0 Å². The Morgan fingerprint density at radius 3 is 0.852 bits per heavy atom. The predicted octanol–water partition coefficient (Wildman–Crippen LogP) is 27.9. The van der Waals surface area contributed by atoms with Crippen LogP contribution < -0.4 is 0 Å². The molecule has 0 N–H and O–H groups in total. The molecule has 0 bridgehead atoms. The Hall–Kier alpha value is -13.8. The van der Waals surface area contributed by atoms with Crippen LogP contribution in [0.25, 0.3) is 230 Å². The van der Waals surface area contributed by atoms with Gasteiger partial charge in [0.15, 0.2) is 0 Å². The van der Waals surface area contributed by atoms with Gasteiger partial charge in [0, 0.05) is 116 Å². The van der Waals surface area contributed by atoms with E-state index in [2.05, 4.69) is 398 Å². The third kappa shape index (κ3) is 9.23. The summed E-state index contributed by atoms with van der Waals surface area (Å²) in [5, 5.41) is 19.9. The van der Waals surface area contributed by atoms with E-state index in [1.807, 2.05) is 0 Å². The third-order valence-corrected chi connectivity index (χ3v) is 24.0. The van der Waals surface area contributed by atoms with Crippen LogP contribution in [-0.4, -0.2) is 18.3 Å². The molecule has 0 aliphatic carbocycles. The lowest BCUT2D eigenvalue weighted by Gasteiger charge is -2.19. The maximum absolute atomic E-state index is 2.50. The lowest BCUT2D eigenvalue weighted by atomic mass is 9.85. The van der Waals surface area contributed by atoms with Crippen LogP contribution in [0.5, 0.6) is 0 Å². The molecule has 4 heterocycles. The van der Waals surface area contributed by atoms with Crippen molar-refractivity contribution in [3.05, 3.63) is 352 Å². The van der Waals surface area contributed by atoms with Crippen molar-refractivity contribution in [1.29, 1.82) is 0 Å². The highest BCUT2D eigenvalue weighted by atomic mass is 15.0. The quantitative estimate of drug-likeness (QED) is 0.128. The number of hydrogen-bond donors (Lipinski definition) is 0. The highest BCUT2D eigenvalue weighted by Gasteiger charge is 2.24. The summed E-state index contributed by atoms with van der Waals surface area (Å²) < 4.78 is 9.52. The Labute approximate surface area is 624 Å². The summed E-state index contributed by atoms with van der Waals surface area (Å²) in [5.74, 6) is 0. The van der Waals surface area contributed by atoms with E-state index in [0.717, 1.165) is 0 Å². The second kappa shape index (κ2) is 23.9. The summed E-state index contributed by atoms with van der Waals surface area (Å²) in [5.41, 5.74) is 31.4. The molecule has 4 nitrogen and oxygen atoms in total. The standard InChI is InChI=1S/C104H70N4/c1-105-95-46-11-8-31-77(95)80-53-50-69(59-99(80)105)73-34-17-38-83-91(73)61-92-74(35-18-39-84(92)101(83)71-29-15-25-64(56-71)63-23-6-5-7-24-63)70-51-54-82-81-52-49-68(58-98(81)106(2)100(82)60-70)66-27-14-26-65(55-66)67-28-16-30-72(57-67)102-85-40-19-36-75(87-42-21-44-89-78-32-9-12-47-96(78)107(3)103(87)89)93(85)62-94-76(37-20-41-86(94)102)88-43-22-45-90-79-33-10-13-48-97(79)108(4)104(88)90/h5-62H,1-4H3. The fourth-order valence-electron chi connectivity index (χ4n) is 18.9. The van der Waals surface area contributed by atoms with Crippen LogP contribution in [0.2, 0.25) is 0 Å². The van der Waals surface area contributed by atoms with Crippen molar-refractivity contribution in [1.82, 2.24) is 18.3 Å². The van der Waals surface area contributed by atoms with Crippen LogP contribution in [0, 0.1) is 0 Å². The lowest BCUT2D eigenvalue weighted by Crippen LogP contribution is -1.94. The van der Waals surface area contributed by atoms with Crippen LogP contribution in [0.15, 0.2) is 352 Å². The summed E-state index contributed by atoms with van der Waals surface area (Å²) >= 11 is 0. The summed E-state index contributed by atoms with van der Waals surface area (Å²) in [4.78, 5) is 0. The normalized spacial score (nSPS) is 12.1. The molecule has 0 radical (unpaired) electrons. The molecule has 506 valence electrons. The van der Waals surface area contributed by atoms with Crippen LogP contribution in [0.3, 0.4) is 0 Å². The monoisotopic (exact) mass is 1370 g/mol. The zero-order valence-electron chi connectivity index (χ0n) is 60.3. The number of nitrogens with zero attached hydrogens (tertiary/aromatic N) is 4. The number of benzene rings is 18. The molecule has 0 atom stereocenters. The van der Waals surface area contributed by atoms with E-state index in [4.69, 9.17) is 0 Å². The zero-order valence-corrected chi connectivity index (χ0v) is 60.3. The maximum Gasteiger partial charge on any atom is 0.0568 e. The first-order valence-corrected chi connectivity index (χ1v) is 37.5. The van der Waals surface area contributed by atoms with E-state index in [0.29, 0.717) is 0 Å². The largest absolute Gasteiger partial charge is 0.344 e. The maximum atomic E-state index is 2.50. The summed E-state index contributed by atoms with van der Waals surface area (Å²) in [6.07, 6.45) is 0. The molecule has 0 saturated heterocycles. The fraction of sp³-hybridized carbons (Fsp3) is 0.0385. The van der Waals surface area contributed by atoms with Gasteiger partial charge in [-0.05, 0) is 199 Å². The van der Waals surface area contributed by atoms with Crippen LogP contribution in [0.4, 0.5) is 0 Å². The average molecular weight is 1380 g/mol. The molecule has 4 aromatic heterocycles. The molecule has 22 rings (SSSR count). The number of rotatable bonds is 9. The molecule has 0 aliphatic heterocycles. The van der Waals surface area contributed by atoms with Gasteiger partial charge in [-0.3, -0.25) is 0 Å². The molecule has 0 amide bonds. The minimum Gasteiger partial charge on any atom is -0.344 e. The Kier molecular flexibility index (Phi) is 13.6. The summed E-state index contributed by atoms with van der Waals surface area (Å²) in [6, 6.07) is 132. The van der Waals surface area contributed by atoms with Gasteiger partial charge in [0.1, 0.15) is 0 Å². The van der Waals surface area contributed by atoms with E-state index in [1.54, 1.807) is 0 Å². The first kappa shape index (κ1) is 61.7. The summed E-state index contributed by atoms with van der Waals surface area (Å²) in [6.45, 7) is 0. The van der Waals surface area contributed by atoms with Gasteiger partial charge in [-0.1, -0.05) is 285 Å². The average Bonchev–Trinajstić information content (AvgIpc) is 1.43. The first-order chi connectivity index (χ1) is 53.2. The van der Waals surface area contributed by atoms with Crippen molar-refractivity contribution >= 4 is 130 Å². The summed E-state index contributed by atoms with van der Waals surface area (Å²) in [7, 11) is 8.88. The van der Waals surface area contributed by atoms with E-state index in [9.17, 15) is 0 Å². The van der Waals surface area contributed by atoms with Crippen molar-refractivity contribution in [2.75, 3.05) is 0 Å². The van der Waals surface area contributed by atoms with Crippen LogP contribution in [0.1, 0.15) is 0 Å². The second-order valence-electron chi connectivity index (χ2n) is 29.6. The van der Waals surface area contributed by atoms with Gasteiger partial charge in [-0.15, -0.1) is 0 Å². The molecule has 0 saturated carbocycles. The highest BCUT2D eigenvalue weighted by Crippen LogP contribution is 2.50. The van der Waals surface area contributed by atoms with Crippen molar-refractivity contribution in [2.45, 2.75) is 0 Å². The zero-order chi connectivity index (χ0) is 71.6. The number of aryl methyl sites for hydroxylation is 4. The van der Waals surface area contributed by atoms with Crippen molar-refractivity contribution in [3.8, 4) is 100 Å². The molecule has 0 aliphatic rings. The topological polar surface area (TPSA) is 19.7 Å². The van der Waals surface area contributed by atoms with Gasteiger partial charge in [-0.2, -0.15) is 0 Å². The molecule has 0 unspecified atom stereocenters. The molecular weight excluding hydrogens is 1310 g/mol. The van der Waals surface area contributed by atoms with Crippen molar-refractivity contribution in [2.24, 2.45) is 28.2 Å². The molecule has 22 aromatic rings. The Morgan fingerprint density at radius 1 is 0.139 bits per heavy atom. The van der Waals surface area contributed by atoms with E-state index in [-0.39, 0.29) is 0 Å². The minimum absolute atomic E-state index is 1.17. The molecule has 4 heteroatoms. The van der Waals surface area contributed by atoms with E-state index in [1.165, 1.54) is 230 Å². The highest BCUT2D eigenvalue weighted by molar-refractivity contribution is 6.25. The molecular formula is C104H70N4. The lowest BCUT2D eigenvalue weighted by molar-refractivity contribution is 1.01. The molecule has 108 heavy (non-hydrogen) atoms. The number of para-hydroxylation sites is 5. The van der Waals surface area contributed by atoms with Gasteiger partial charge in [0.05, 0.1) is 11.0 Å². The number of hydrogen-bond acceptors (Lipinski definition) is 0. The molecule has 0 fully saturated rings. The number of aromatic nitrogens is 4. The number of fused-ring (bicyclic) bond motifs is 16. The third-order valence-electron chi connectivity index (χ3n) is 24.0. The van der Waals surface area contributed by atoms with Crippen molar-refractivity contribution < 1.29 is 0 Å². The second-order valence-corrected chi connectivity index (χ2v) is 29.6. The molecule has 0 spiro atoms. The van der Waals surface area contributed by atoms with Gasteiger partial charge in [0.2, 0.25) is 0 Å². The Bertz CT molecular complexity index is 7420. The van der Waals surface area contributed by atoms with Crippen LogP contribution >= 0.6 is 0 Å². The van der Waals surface area contributed by atoms with Crippen molar-refractivity contribution in [3.63, 3.8) is 0 Å². The van der Waals surface area contributed by atoms with E-state index >= 15 is 0 Å². The first-order valence-electron chi connectivity index (χ1n) is 37.5.